The molecular weight excluding hydrogens is 511 g/mol. The zero-order valence-electron chi connectivity index (χ0n) is 22.1. The fourth-order valence-corrected chi connectivity index (χ4v) is 7.63. The van der Waals surface area contributed by atoms with Crippen molar-refractivity contribution >= 4 is 34.4 Å². The summed E-state index contributed by atoms with van der Waals surface area (Å²) in [7, 11) is 0. The van der Waals surface area contributed by atoms with Gasteiger partial charge in [-0.05, 0) is 71.3 Å². The minimum absolute atomic E-state index is 0.0145. The van der Waals surface area contributed by atoms with Gasteiger partial charge in [0.15, 0.2) is 11.0 Å². The molecule has 2 aromatic heterocycles. The second-order valence-electron chi connectivity index (χ2n) is 12.7. The van der Waals surface area contributed by atoms with Crippen LogP contribution in [0.5, 0.6) is 6.01 Å². The first-order valence-electron chi connectivity index (χ1n) is 13.8. The van der Waals surface area contributed by atoms with Gasteiger partial charge in [-0.3, -0.25) is 9.80 Å². The summed E-state index contributed by atoms with van der Waals surface area (Å²) in [6.45, 7) is 9.54. The highest BCUT2D eigenvalue weighted by molar-refractivity contribution is 6.30. The molecule has 4 aliphatic heterocycles. The molecule has 1 saturated carbocycles. The molecule has 11 heteroatoms. The minimum Gasteiger partial charge on any atom is -0.461 e. The van der Waals surface area contributed by atoms with E-state index in [0.717, 1.165) is 38.3 Å². The molecule has 6 heterocycles. The highest BCUT2D eigenvalue weighted by atomic mass is 35.5. The molecule has 7 rings (SSSR count). The van der Waals surface area contributed by atoms with E-state index >= 15 is 4.39 Å². The van der Waals surface area contributed by atoms with Crippen LogP contribution in [-0.4, -0.2) is 86.9 Å². The van der Waals surface area contributed by atoms with E-state index in [4.69, 9.17) is 26.1 Å². The van der Waals surface area contributed by atoms with E-state index in [1.807, 2.05) is 25.7 Å². The Morgan fingerprint density at radius 3 is 2.71 bits per heavy atom. The number of hydrogen-bond donors (Lipinski definition) is 0. The van der Waals surface area contributed by atoms with Crippen LogP contribution in [0.4, 0.5) is 15.0 Å². The van der Waals surface area contributed by atoms with Crippen LogP contribution in [0, 0.1) is 17.7 Å². The van der Waals surface area contributed by atoms with Crippen molar-refractivity contribution in [1.82, 2.24) is 24.8 Å². The van der Waals surface area contributed by atoms with Gasteiger partial charge >= 0.3 is 12.1 Å². The van der Waals surface area contributed by atoms with Crippen molar-refractivity contribution < 1.29 is 18.7 Å². The lowest BCUT2D eigenvalue weighted by Crippen LogP contribution is -2.57. The maximum Gasteiger partial charge on any atom is 0.410 e. The molecule has 2 bridgehead atoms. The number of nitrogens with zero attached hydrogens (tertiary/aromatic N) is 6. The van der Waals surface area contributed by atoms with E-state index in [2.05, 4.69) is 19.8 Å². The van der Waals surface area contributed by atoms with Crippen LogP contribution in [-0.2, 0) is 4.74 Å². The van der Waals surface area contributed by atoms with Crippen molar-refractivity contribution in [3.63, 3.8) is 0 Å². The Balaban J connectivity index is 1.19. The summed E-state index contributed by atoms with van der Waals surface area (Å²) in [6, 6.07) is 0.138. The largest absolute Gasteiger partial charge is 0.461 e. The number of ether oxygens (including phenoxy) is 2. The Morgan fingerprint density at radius 1 is 1.21 bits per heavy atom. The van der Waals surface area contributed by atoms with Gasteiger partial charge in [0, 0.05) is 25.8 Å². The van der Waals surface area contributed by atoms with Crippen molar-refractivity contribution in [2.24, 2.45) is 11.8 Å². The molecule has 0 unspecified atom stereocenters. The maximum atomic E-state index is 15.2. The van der Waals surface area contributed by atoms with Gasteiger partial charge in [-0.2, -0.15) is 9.97 Å². The molecule has 4 saturated heterocycles. The van der Waals surface area contributed by atoms with E-state index in [0.29, 0.717) is 36.8 Å². The average Bonchev–Trinajstić information content (AvgIpc) is 3.29. The number of carbonyl (C=O) groups is 1. The van der Waals surface area contributed by atoms with Crippen molar-refractivity contribution in [1.29, 1.82) is 0 Å². The lowest BCUT2D eigenvalue weighted by Gasteiger charge is -2.42. The van der Waals surface area contributed by atoms with E-state index in [9.17, 15) is 4.79 Å². The van der Waals surface area contributed by atoms with Crippen molar-refractivity contribution in [2.75, 3.05) is 37.7 Å². The van der Waals surface area contributed by atoms with Crippen molar-refractivity contribution in [2.45, 2.75) is 76.1 Å². The number of hydrogen-bond acceptors (Lipinski definition) is 8. The molecule has 1 aliphatic carbocycles. The molecule has 38 heavy (non-hydrogen) atoms. The summed E-state index contributed by atoms with van der Waals surface area (Å²) in [5.74, 6) is 1.37. The average molecular weight is 545 g/mol. The van der Waals surface area contributed by atoms with Crippen LogP contribution in [0.15, 0.2) is 6.20 Å². The number of piperazine rings is 1. The molecule has 5 fully saturated rings. The number of amides is 1. The zero-order valence-corrected chi connectivity index (χ0v) is 22.9. The van der Waals surface area contributed by atoms with Crippen LogP contribution in [0.25, 0.3) is 10.9 Å². The lowest BCUT2D eigenvalue weighted by atomic mass is 9.92. The fraction of sp³-hybridized carbons (Fsp3) is 0.704. The van der Waals surface area contributed by atoms with Crippen LogP contribution in [0.3, 0.4) is 0 Å². The van der Waals surface area contributed by atoms with Gasteiger partial charge in [-0.25, -0.2) is 14.2 Å². The van der Waals surface area contributed by atoms with Gasteiger partial charge in [-0.15, -0.1) is 0 Å². The number of rotatable bonds is 4. The monoisotopic (exact) mass is 544 g/mol. The summed E-state index contributed by atoms with van der Waals surface area (Å²) in [6.07, 6.45) is 6.58. The number of aromatic nitrogens is 3. The predicted octanol–water partition coefficient (Wildman–Crippen LogP) is 4.27. The number of pyridine rings is 1. The molecule has 1 amide bonds. The van der Waals surface area contributed by atoms with Gasteiger partial charge in [0.25, 0.3) is 0 Å². The highest BCUT2D eigenvalue weighted by Crippen LogP contribution is 2.59. The van der Waals surface area contributed by atoms with E-state index in [1.165, 1.54) is 19.0 Å². The van der Waals surface area contributed by atoms with Gasteiger partial charge in [0.2, 0.25) is 0 Å². The SMILES string of the molecule is CC(C)(C)OC(=O)N1[C@@H]2CC[C@H]1CN(c1nc(OC[C@@]34CCCN3C[C@H]3C[C@H]34)nc3c(F)c(Cl)ncc13)C2. The van der Waals surface area contributed by atoms with Gasteiger partial charge in [0.1, 0.15) is 23.5 Å². The summed E-state index contributed by atoms with van der Waals surface area (Å²) >= 11 is 6.05. The maximum absolute atomic E-state index is 15.2. The number of fused-ring (bicyclic) bond motifs is 6. The standard InChI is InChI=1S/C27H34ClFN6O3/c1-26(2,3)38-25(36)35-16-5-6-17(35)13-33(12-16)23-18-10-30-22(28)20(29)21(18)31-24(32-23)37-14-27-7-4-8-34(27)11-15-9-19(15)27/h10,15-17,19H,4-9,11-14H2,1-3H3/t15-,16-,17+,19-,27-/m1/s1. The Bertz CT molecular complexity index is 1290. The highest BCUT2D eigenvalue weighted by Gasteiger charge is 2.63. The summed E-state index contributed by atoms with van der Waals surface area (Å²) in [5.41, 5.74) is -0.391. The third-order valence-corrected chi connectivity index (χ3v) is 9.44. The van der Waals surface area contributed by atoms with Gasteiger partial charge in [0.05, 0.1) is 23.0 Å². The first kappa shape index (κ1) is 24.6. The first-order valence-corrected chi connectivity index (χ1v) is 14.2. The van der Waals surface area contributed by atoms with E-state index in [-0.39, 0.29) is 40.4 Å². The second-order valence-corrected chi connectivity index (χ2v) is 13.0. The van der Waals surface area contributed by atoms with Crippen molar-refractivity contribution in [3.8, 4) is 6.01 Å². The molecular formula is C27H34ClFN6O3. The molecule has 204 valence electrons. The molecule has 9 nitrogen and oxygen atoms in total. The second kappa shape index (κ2) is 8.52. The van der Waals surface area contributed by atoms with Crippen LogP contribution in [0.1, 0.15) is 52.9 Å². The molecule has 2 aromatic rings. The third kappa shape index (κ3) is 3.89. The molecule has 5 atom stereocenters. The third-order valence-electron chi connectivity index (χ3n) is 9.17. The number of carbonyl (C=O) groups excluding carboxylic acids is 1. The van der Waals surface area contributed by atoms with Crippen LogP contribution >= 0.6 is 11.6 Å². The summed E-state index contributed by atoms with van der Waals surface area (Å²) < 4.78 is 27.2. The van der Waals surface area contributed by atoms with Gasteiger partial charge in [-0.1, -0.05) is 11.6 Å². The number of anilines is 1. The molecule has 0 spiro atoms. The van der Waals surface area contributed by atoms with Gasteiger partial charge < -0.3 is 14.4 Å². The Morgan fingerprint density at radius 2 is 1.97 bits per heavy atom. The first-order chi connectivity index (χ1) is 18.1. The Hall–Kier alpha value is -2.46. The molecule has 0 aromatic carbocycles. The smallest absolute Gasteiger partial charge is 0.410 e. The van der Waals surface area contributed by atoms with Crippen LogP contribution in [0.2, 0.25) is 5.15 Å². The number of piperidine rings is 1. The molecule has 0 radical (unpaired) electrons. The van der Waals surface area contributed by atoms with Crippen molar-refractivity contribution in [3.05, 3.63) is 17.2 Å². The minimum atomic E-state index is -0.670. The lowest BCUT2D eigenvalue weighted by molar-refractivity contribution is 0.0122. The summed E-state index contributed by atoms with van der Waals surface area (Å²) in [4.78, 5) is 32.9. The zero-order chi connectivity index (χ0) is 26.4. The summed E-state index contributed by atoms with van der Waals surface area (Å²) in [5, 5.41) is 0.272. The Kier molecular flexibility index (Phi) is 5.51. The van der Waals surface area contributed by atoms with E-state index < -0.39 is 11.4 Å². The predicted molar refractivity (Wildman–Crippen MR) is 140 cm³/mol. The topological polar surface area (TPSA) is 83.9 Å². The molecule has 0 N–H and O–H groups in total. The fourth-order valence-electron chi connectivity index (χ4n) is 7.49. The number of halogens is 2. The Labute approximate surface area is 226 Å². The molecule has 5 aliphatic rings. The quantitative estimate of drug-likeness (QED) is 0.528. The van der Waals surface area contributed by atoms with Crippen LogP contribution < -0.4 is 9.64 Å². The van der Waals surface area contributed by atoms with E-state index in [1.54, 1.807) is 0 Å². The normalized spacial score (nSPS) is 32.0.